The number of benzene rings is 2. The SMILES string of the molecule is COCCn1c(COc2ccccc2-c2ccccc2)nnc1SCc1nc(C(C)C)no1. The van der Waals surface area contributed by atoms with E-state index < -0.39 is 0 Å². The second kappa shape index (κ2) is 11.1. The van der Waals surface area contributed by atoms with Crippen molar-refractivity contribution < 1.29 is 14.0 Å². The van der Waals surface area contributed by atoms with E-state index in [-0.39, 0.29) is 5.92 Å². The second-order valence-corrected chi connectivity index (χ2v) is 8.63. The lowest BCUT2D eigenvalue weighted by molar-refractivity contribution is 0.181. The maximum Gasteiger partial charge on any atom is 0.237 e. The van der Waals surface area contributed by atoms with Crippen LogP contribution in [-0.2, 0) is 23.6 Å². The van der Waals surface area contributed by atoms with Crippen LogP contribution >= 0.6 is 11.8 Å². The van der Waals surface area contributed by atoms with Crippen LogP contribution in [-0.4, -0.2) is 38.6 Å². The van der Waals surface area contributed by atoms with Crippen LogP contribution in [0, 0.1) is 0 Å². The van der Waals surface area contributed by atoms with Gasteiger partial charge in [0, 0.05) is 25.1 Å². The zero-order valence-electron chi connectivity index (χ0n) is 19.0. The number of hydrogen-bond donors (Lipinski definition) is 0. The van der Waals surface area contributed by atoms with Crippen molar-refractivity contribution in [2.24, 2.45) is 0 Å². The standard InChI is InChI=1S/C24H27N5O3S/c1-17(2)23-25-22(32-28-23)16-33-24-27-26-21(29(24)13-14-30-3)15-31-20-12-8-7-11-19(20)18-9-5-4-6-10-18/h4-12,17H,13-16H2,1-3H3. The van der Waals surface area contributed by atoms with Gasteiger partial charge < -0.3 is 18.6 Å². The molecule has 172 valence electrons. The Kier molecular flexibility index (Phi) is 7.74. The molecule has 0 unspecified atom stereocenters. The molecule has 0 radical (unpaired) electrons. The predicted molar refractivity (Wildman–Crippen MR) is 126 cm³/mol. The maximum absolute atomic E-state index is 6.19. The lowest BCUT2D eigenvalue weighted by atomic mass is 10.1. The first kappa shape index (κ1) is 23.0. The summed E-state index contributed by atoms with van der Waals surface area (Å²) in [4.78, 5) is 4.43. The van der Waals surface area contributed by atoms with Crippen molar-refractivity contribution in [3.63, 3.8) is 0 Å². The number of methoxy groups -OCH3 is 1. The first-order valence-corrected chi connectivity index (χ1v) is 11.8. The third-order valence-electron chi connectivity index (χ3n) is 4.97. The summed E-state index contributed by atoms with van der Waals surface area (Å²) in [5.74, 6) is 3.54. The van der Waals surface area contributed by atoms with E-state index in [1.807, 2.05) is 54.8 Å². The molecule has 2 aromatic carbocycles. The summed E-state index contributed by atoms with van der Waals surface area (Å²) in [6.45, 7) is 5.51. The summed E-state index contributed by atoms with van der Waals surface area (Å²) in [5.41, 5.74) is 2.14. The predicted octanol–water partition coefficient (Wildman–Crippen LogP) is 4.97. The topological polar surface area (TPSA) is 88.1 Å². The molecule has 2 aromatic heterocycles. The minimum atomic E-state index is 0.223. The third-order valence-corrected chi connectivity index (χ3v) is 5.92. The van der Waals surface area contributed by atoms with Crippen LogP contribution in [0.5, 0.6) is 5.75 Å². The Labute approximate surface area is 197 Å². The highest BCUT2D eigenvalue weighted by atomic mass is 32.2. The molecule has 0 fully saturated rings. The minimum Gasteiger partial charge on any atom is -0.485 e. The number of para-hydroxylation sites is 1. The number of rotatable bonds is 11. The monoisotopic (exact) mass is 465 g/mol. The molecule has 4 rings (SSSR count). The molecule has 33 heavy (non-hydrogen) atoms. The Morgan fingerprint density at radius 3 is 2.58 bits per heavy atom. The van der Waals surface area contributed by atoms with E-state index in [0.717, 1.165) is 27.9 Å². The van der Waals surface area contributed by atoms with Gasteiger partial charge in [-0.25, -0.2) is 0 Å². The van der Waals surface area contributed by atoms with Crippen LogP contribution < -0.4 is 4.74 Å². The van der Waals surface area contributed by atoms with Gasteiger partial charge in [0.15, 0.2) is 16.8 Å². The molecule has 0 saturated heterocycles. The zero-order chi connectivity index (χ0) is 23.0. The van der Waals surface area contributed by atoms with Crippen LogP contribution in [0.2, 0.25) is 0 Å². The second-order valence-electron chi connectivity index (χ2n) is 7.68. The van der Waals surface area contributed by atoms with Crippen molar-refractivity contribution >= 4 is 11.8 Å². The van der Waals surface area contributed by atoms with E-state index in [0.29, 0.717) is 37.2 Å². The number of aromatic nitrogens is 5. The normalized spacial score (nSPS) is 11.3. The zero-order valence-corrected chi connectivity index (χ0v) is 19.8. The van der Waals surface area contributed by atoms with Crippen LogP contribution in [0.15, 0.2) is 64.3 Å². The first-order valence-electron chi connectivity index (χ1n) is 10.8. The van der Waals surface area contributed by atoms with Gasteiger partial charge in [-0.2, -0.15) is 4.98 Å². The fourth-order valence-corrected chi connectivity index (χ4v) is 4.04. The van der Waals surface area contributed by atoms with Crippen molar-refractivity contribution in [2.75, 3.05) is 13.7 Å². The number of thioether (sulfide) groups is 1. The Balaban J connectivity index is 1.48. The molecule has 0 aliphatic rings. The van der Waals surface area contributed by atoms with E-state index in [9.17, 15) is 0 Å². The van der Waals surface area contributed by atoms with E-state index in [1.165, 1.54) is 11.8 Å². The van der Waals surface area contributed by atoms with Crippen LogP contribution in [0.25, 0.3) is 11.1 Å². The lowest BCUT2D eigenvalue weighted by Gasteiger charge is -2.13. The van der Waals surface area contributed by atoms with Gasteiger partial charge in [0.05, 0.1) is 12.4 Å². The quantitative estimate of drug-likeness (QED) is 0.287. The first-order chi connectivity index (χ1) is 16.2. The van der Waals surface area contributed by atoms with E-state index in [4.69, 9.17) is 14.0 Å². The average Bonchev–Trinajstić information content (AvgIpc) is 3.48. The smallest absolute Gasteiger partial charge is 0.237 e. The average molecular weight is 466 g/mol. The van der Waals surface area contributed by atoms with Crippen LogP contribution in [0.3, 0.4) is 0 Å². The molecule has 0 aliphatic carbocycles. The fourth-order valence-electron chi connectivity index (χ4n) is 3.22. The van der Waals surface area contributed by atoms with E-state index in [1.54, 1.807) is 7.11 Å². The summed E-state index contributed by atoms with van der Waals surface area (Å²) >= 11 is 1.50. The van der Waals surface area contributed by atoms with Gasteiger partial charge in [-0.1, -0.05) is 79.3 Å². The molecule has 0 saturated carbocycles. The molecule has 2 heterocycles. The maximum atomic E-state index is 6.19. The van der Waals surface area contributed by atoms with E-state index in [2.05, 4.69) is 38.5 Å². The molecule has 8 nitrogen and oxygen atoms in total. The molecular weight excluding hydrogens is 438 g/mol. The van der Waals surface area contributed by atoms with Gasteiger partial charge in [0.2, 0.25) is 5.89 Å². The lowest BCUT2D eigenvalue weighted by Crippen LogP contribution is -2.12. The van der Waals surface area contributed by atoms with Gasteiger partial charge in [-0.15, -0.1) is 10.2 Å². The highest BCUT2D eigenvalue weighted by Gasteiger charge is 2.17. The third kappa shape index (κ3) is 5.80. The summed E-state index contributed by atoms with van der Waals surface area (Å²) in [5, 5.41) is 13.5. The fraction of sp³-hybridized carbons (Fsp3) is 0.333. The summed E-state index contributed by atoms with van der Waals surface area (Å²) in [7, 11) is 1.68. The highest BCUT2D eigenvalue weighted by Crippen LogP contribution is 2.30. The highest BCUT2D eigenvalue weighted by molar-refractivity contribution is 7.98. The molecule has 0 atom stereocenters. The van der Waals surface area contributed by atoms with Crippen molar-refractivity contribution in [3.8, 4) is 16.9 Å². The molecule has 0 bridgehead atoms. The minimum absolute atomic E-state index is 0.223. The molecular formula is C24H27N5O3S. The Morgan fingerprint density at radius 1 is 1.03 bits per heavy atom. The molecule has 9 heteroatoms. The van der Waals surface area contributed by atoms with E-state index >= 15 is 0 Å². The van der Waals surface area contributed by atoms with Crippen LogP contribution in [0.1, 0.15) is 37.3 Å². The number of ether oxygens (including phenoxy) is 2. The summed E-state index contributed by atoms with van der Waals surface area (Å²) in [6, 6.07) is 18.2. The van der Waals surface area contributed by atoms with Crippen molar-refractivity contribution in [3.05, 3.63) is 72.1 Å². The molecule has 0 aliphatic heterocycles. The van der Waals surface area contributed by atoms with Crippen LogP contribution in [0.4, 0.5) is 0 Å². The molecule has 0 N–H and O–H groups in total. The van der Waals surface area contributed by atoms with Gasteiger partial charge in [-0.3, -0.25) is 0 Å². The number of nitrogens with zero attached hydrogens (tertiary/aromatic N) is 5. The molecule has 0 spiro atoms. The van der Waals surface area contributed by atoms with Gasteiger partial charge in [0.25, 0.3) is 0 Å². The van der Waals surface area contributed by atoms with Crippen molar-refractivity contribution in [1.29, 1.82) is 0 Å². The Bertz CT molecular complexity index is 1160. The molecule has 4 aromatic rings. The van der Waals surface area contributed by atoms with Gasteiger partial charge in [0.1, 0.15) is 12.4 Å². The largest absolute Gasteiger partial charge is 0.485 e. The Hall–Kier alpha value is -3.17. The Morgan fingerprint density at radius 2 is 1.82 bits per heavy atom. The van der Waals surface area contributed by atoms with Gasteiger partial charge in [-0.05, 0) is 11.6 Å². The summed E-state index contributed by atoms with van der Waals surface area (Å²) < 4.78 is 18.8. The van der Waals surface area contributed by atoms with Crippen molar-refractivity contribution in [2.45, 2.75) is 43.8 Å². The molecule has 0 amide bonds. The van der Waals surface area contributed by atoms with Gasteiger partial charge >= 0.3 is 0 Å². The van der Waals surface area contributed by atoms with Crippen molar-refractivity contribution in [1.82, 2.24) is 24.9 Å². The number of hydrogen-bond acceptors (Lipinski definition) is 8. The summed E-state index contributed by atoms with van der Waals surface area (Å²) in [6.07, 6.45) is 0.